The van der Waals surface area contributed by atoms with E-state index in [1.54, 1.807) is 18.2 Å². The minimum Gasteiger partial charge on any atom is -0.399 e. The SMILES string of the molecule is CCN1CCC(CCNC(=O)c2cccc(N)c2)CC1. The zero-order chi connectivity index (χ0) is 14.4. The quantitative estimate of drug-likeness (QED) is 0.809. The van der Waals surface area contributed by atoms with Crippen LogP contribution in [0.25, 0.3) is 0 Å². The van der Waals surface area contributed by atoms with Gasteiger partial charge in [-0.25, -0.2) is 0 Å². The van der Waals surface area contributed by atoms with Crippen LogP contribution < -0.4 is 11.1 Å². The largest absolute Gasteiger partial charge is 0.399 e. The van der Waals surface area contributed by atoms with Gasteiger partial charge in [0.1, 0.15) is 0 Å². The molecule has 2 rings (SSSR count). The second-order valence-electron chi connectivity index (χ2n) is 5.55. The van der Waals surface area contributed by atoms with Gasteiger partial charge < -0.3 is 16.0 Å². The molecule has 20 heavy (non-hydrogen) atoms. The van der Waals surface area contributed by atoms with Crippen LogP contribution in [0, 0.1) is 5.92 Å². The third kappa shape index (κ3) is 4.23. The van der Waals surface area contributed by atoms with E-state index >= 15 is 0 Å². The van der Waals surface area contributed by atoms with E-state index in [0.717, 1.165) is 25.4 Å². The second-order valence-corrected chi connectivity index (χ2v) is 5.55. The maximum Gasteiger partial charge on any atom is 0.251 e. The van der Waals surface area contributed by atoms with Crippen molar-refractivity contribution >= 4 is 11.6 Å². The first-order chi connectivity index (χ1) is 9.69. The molecule has 1 amide bonds. The number of hydrogen-bond donors (Lipinski definition) is 2. The lowest BCUT2D eigenvalue weighted by Crippen LogP contribution is -2.35. The maximum absolute atomic E-state index is 12.0. The molecule has 1 aromatic rings. The standard InChI is InChI=1S/C16H25N3O/c1-2-19-10-7-13(8-11-19)6-9-18-16(20)14-4-3-5-15(17)12-14/h3-5,12-13H,2,6-11,17H2,1H3,(H,18,20). The molecule has 0 unspecified atom stereocenters. The molecule has 0 saturated carbocycles. The third-order valence-corrected chi connectivity index (χ3v) is 4.14. The highest BCUT2D eigenvalue weighted by atomic mass is 16.1. The first kappa shape index (κ1) is 14.9. The molecule has 4 nitrogen and oxygen atoms in total. The van der Waals surface area contributed by atoms with Gasteiger partial charge in [-0.1, -0.05) is 13.0 Å². The lowest BCUT2D eigenvalue weighted by molar-refractivity contribution is 0.0948. The van der Waals surface area contributed by atoms with Gasteiger partial charge in [0.25, 0.3) is 5.91 Å². The second kappa shape index (κ2) is 7.29. The monoisotopic (exact) mass is 275 g/mol. The highest BCUT2D eigenvalue weighted by Gasteiger charge is 2.17. The van der Waals surface area contributed by atoms with E-state index in [0.29, 0.717) is 11.3 Å². The molecule has 0 aromatic heterocycles. The Morgan fingerprint density at radius 3 is 2.80 bits per heavy atom. The Morgan fingerprint density at radius 1 is 1.40 bits per heavy atom. The highest BCUT2D eigenvalue weighted by Crippen LogP contribution is 2.19. The average Bonchev–Trinajstić information content (AvgIpc) is 2.48. The van der Waals surface area contributed by atoms with Gasteiger partial charge in [0.15, 0.2) is 0 Å². The Kier molecular flexibility index (Phi) is 5.41. The molecule has 0 spiro atoms. The zero-order valence-electron chi connectivity index (χ0n) is 12.3. The molecule has 3 N–H and O–H groups in total. The lowest BCUT2D eigenvalue weighted by Gasteiger charge is -2.31. The molecule has 1 heterocycles. The molecule has 0 bridgehead atoms. The molecule has 1 aromatic carbocycles. The van der Waals surface area contributed by atoms with Crippen LogP contribution in [0.1, 0.15) is 36.5 Å². The summed E-state index contributed by atoms with van der Waals surface area (Å²) in [6, 6.07) is 7.11. The number of rotatable bonds is 5. The Labute approximate surface area is 121 Å². The van der Waals surface area contributed by atoms with Crippen LogP contribution in [0.2, 0.25) is 0 Å². The molecule has 0 atom stereocenters. The number of amides is 1. The summed E-state index contributed by atoms with van der Waals surface area (Å²) in [7, 11) is 0. The molecule has 0 aliphatic carbocycles. The van der Waals surface area contributed by atoms with Gasteiger partial charge in [-0.2, -0.15) is 0 Å². The summed E-state index contributed by atoms with van der Waals surface area (Å²) in [6.45, 7) is 6.52. The summed E-state index contributed by atoms with van der Waals surface area (Å²) < 4.78 is 0. The molecular formula is C16H25N3O. The molecule has 110 valence electrons. The number of nitrogens with two attached hydrogens (primary N) is 1. The average molecular weight is 275 g/mol. The zero-order valence-corrected chi connectivity index (χ0v) is 12.3. The minimum absolute atomic E-state index is 0.0247. The first-order valence-electron chi connectivity index (χ1n) is 7.55. The number of carbonyl (C=O) groups excluding carboxylic acids is 1. The number of nitrogen functional groups attached to an aromatic ring is 1. The summed E-state index contributed by atoms with van der Waals surface area (Å²) in [5.74, 6) is 0.724. The summed E-state index contributed by atoms with van der Waals surface area (Å²) in [5.41, 5.74) is 6.96. The van der Waals surface area contributed by atoms with Crippen molar-refractivity contribution < 1.29 is 4.79 Å². The molecule has 0 radical (unpaired) electrons. The number of benzene rings is 1. The van der Waals surface area contributed by atoms with Gasteiger partial charge in [-0.15, -0.1) is 0 Å². The van der Waals surface area contributed by atoms with Crippen molar-refractivity contribution in [3.8, 4) is 0 Å². The van der Waals surface area contributed by atoms with Gasteiger partial charge >= 0.3 is 0 Å². The predicted molar refractivity (Wildman–Crippen MR) is 82.6 cm³/mol. The van der Waals surface area contributed by atoms with E-state index in [1.165, 1.54) is 25.9 Å². The number of piperidine rings is 1. The fourth-order valence-corrected chi connectivity index (χ4v) is 2.76. The van der Waals surface area contributed by atoms with Crippen LogP contribution in [-0.4, -0.2) is 37.0 Å². The molecule has 1 fully saturated rings. The van der Waals surface area contributed by atoms with Crippen molar-refractivity contribution in [3.63, 3.8) is 0 Å². The Bertz CT molecular complexity index is 439. The summed E-state index contributed by atoms with van der Waals surface area (Å²) >= 11 is 0. The number of carbonyl (C=O) groups is 1. The van der Waals surface area contributed by atoms with Gasteiger partial charge in [-0.05, 0) is 63.0 Å². The normalized spacial score (nSPS) is 17.1. The highest BCUT2D eigenvalue weighted by molar-refractivity contribution is 5.94. The molecule has 1 saturated heterocycles. The molecule has 1 aliphatic rings. The number of anilines is 1. The summed E-state index contributed by atoms with van der Waals surface area (Å²) in [4.78, 5) is 14.4. The maximum atomic E-state index is 12.0. The van der Waals surface area contributed by atoms with Crippen LogP contribution >= 0.6 is 0 Å². The molecular weight excluding hydrogens is 250 g/mol. The van der Waals surface area contributed by atoms with E-state index in [4.69, 9.17) is 5.73 Å². The van der Waals surface area contributed by atoms with E-state index in [9.17, 15) is 4.79 Å². The van der Waals surface area contributed by atoms with Gasteiger partial charge in [0, 0.05) is 17.8 Å². The molecule has 1 aliphatic heterocycles. The summed E-state index contributed by atoms with van der Waals surface area (Å²) in [6.07, 6.45) is 3.58. The van der Waals surface area contributed by atoms with Crippen molar-refractivity contribution in [2.45, 2.75) is 26.2 Å². The van der Waals surface area contributed by atoms with Gasteiger partial charge in [0.05, 0.1) is 0 Å². The summed E-state index contributed by atoms with van der Waals surface area (Å²) in [5, 5.41) is 2.99. The topological polar surface area (TPSA) is 58.4 Å². The Hall–Kier alpha value is -1.55. The van der Waals surface area contributed by atoms with Crippen molar-refractivity contribution in [2.75, 3.05) is 31.9 Å². The smallest absolute Gasteiger partial charge is 0.251 e. The van der Waals surface area contributed by atoms with Crippen LogP contribution in [0.4, 0.5) is 5.69 Å². The van der Waals surface area contributed by atoms with Crippen molar-refractivity contribution in [2.24, 2.45) is 5.92 Å². The number of nitrogens with one attached hydrogen (secondary N) is 1. The van der Waals surface area contributed by atoms with E-state index in [1.807, 2.05) is 6.07 Å². The molecule has 4 heteroatoms. The van der Waals surface area contributed by atoms with E-state index in [-0.39, 0.29) is 5.91 Å². The van der Waals surface area contributed by atoms with Crippen LogP contribution in [-0.2, 0) is 0 Å². The van der Waals surface area contributed by atoms with Gasteiger partial charge in [0.2, 0.25) is 0 Å². The fraction of sp³-hybridized carbons (Fsp3) is 0.562. The van der Waals surface area contributed by atoms with E-state index < -0.39 is 0 Å². The Balaban J connectivity index is 1.70. The van der Waals surface area contributed by atoms with E-state index in [2.05, 4.69) is 17.1 Å². The van der Waals surface area contributed by atoms with Gasteiger partial charge in [-0.3, -0.25) is 4.79 Å². The first-order valence-corrected chi connectivity index (χ1v) is 7.55. The van der Waals surface area contributed by atoms with Crippen molar-refractivity contribution in [1.82, 2.24) is 10.2 Å². The fourth-order valence-electron chi connectivity index (χ4n) is 2.76. The third-order valence-electron chi connectivity index (χ3n) is 4.14. The van der Waals surface area contributed by atoms with Crippen LogP contribution in [0.15, 0.2) is 24.3 Å². The van der Waals surface area contributed by atoms with Crippen LogP contribution in [0.5, 0.6) is 0 Å². The Morgan fingerprint density at radius 2 is 2.15 bits per heavy atom. The minimum atomic E-state index is -0.0247. The van der Waals surface area contributed by atoms with Crippen molar-refractivity contribution in [1.29, 1.82) is 0 Å². The van der Waals surface area contributed by atoms with Crippen molar-refractivity contribution in [3.05, 3.63) is 29.8 Å². The lowest BCUT2D eigenvalue weighted by atomic mass is 9.93. The number of nitrogens with zero attached hydrogens (tertiary/aromatic N) is 1. The predicted octanol–water partition coefficient (Wildman–Crippen LogP) is 2.12. The number of hydrogen-bond acceptors (Lipinski definition) is 3. The number of likely N-dealkylation sites (tertiary alicyclic amines) is 1. The van der Waals surface area contributed by atoms with Crippen LogP contribution in [0.3, 0.4) is 0 Å².